The molecule has 0 radical (unpaired) electrons. The summed E-state index contributed by atoms with van der Waals surface area (Å²) in [7, 11) is 0. The first kappa shape index (κ1) is 35.1. The summed E-state index contributed by atoms with van der Waals surface area (Å²) in [5.74, 6) is -0.323. The molecule has 2 aliphatic carbocycles. The fourth-order valence-corrected chi connectivity index (χ4v) is 9.19. The van der Waals surface area contributed by atoms with Crippen molar-refractivity contribution in [3.8, 4) is 17.2 Å². The lowest BCUT2D eigenvalue weighted by Gasteiger charge is -2.65. The van der Waals surface area contributed by atoms with Crippen LogP contribution in [0.5, 0.6) is 17.2 Å². The van der Waals surface area contributed by atoms with Crippen LogP contribution in [0.2, 0.25) is 0 Å². The van der Waals surface area contributed by atoms with Crippen LogP contribution in [0.1, 0.15) is 62.3 Å². The second-order valence-corrected chi connectivity index (χ2v) is 14.6. The Morgan fingerprint density at radius 1 is 1.10 bits per heavy atom. The summed E-state index contributed by atoms with van der Waals surface area (Å²) < 4.78 is 55.2. The molecular formula is C40H43F3N2O6. The Morgan fingerprint density at radius 3 is 2.61 bits per heavy atom. The fourth-order valence-electron chi connectivity index (χ4n) is 9.19. The number of carbonyl (C=O) groups excluding carboxylic acids is 2. The van der Waals surface area contributed by atoms with Crippen molar-refractivity contribution >= 4 is 18.0 Å². The number of piperidine rings is 1. The number of carbonyl (C=O) groups is 2. The van der Waals surface area contributed by atoms with Gasteiger partial charge in [-0.25, -0.2) is 0 Å². The minimum Gasteiger partial charge on any atom is -0.483 e. The molecule has 7 rings (SSSR count). The van der Waals surface area contributed by atoms with Gasteiger partial charge in [0.25, 0.3) is 0 Å². The van der Waals surface area contributed by atoms with Crippen molar-refractivity contribution in [3.63, 3.8) is 0 Å². The predicted molar refractivity (Wildman–Crippen MR) is 184 cm³/mol. The van der Waals surface area contributed by atoms with Crippen molar-refractivity contribution in [2.24, 2.45) is 5.92 Å². The van der Waals surface area contributed by atoms with Crippen LogP contribution in [0, 0.1) is 5.92 Å². The van der Waals surface area contributed by atoms with Gasteiger partial charge in [-0.05, 0) is 85.5 Å². The number of esters is 1. The normalized spacial score (nSPS) is 26.5. The summed E-state index contributed by atoms with van der Waals surface area (Å²) in [6, 6.07) is 18.9. The first-order valence-corrected chi connectivity index (χ1v) is 17.7. The number of amides is 1. The maximum absolute atomic E-state index is 14.2. The van der Waals surface area contributed by atoms with Crippen LogP contribution in [0.25, 0.3) is 6.08 Å². The Bertz CT molecular complexity index is 1830. The minimum atomic E-state index is -4.83. The Morgan fingerprint density at radius 2 is 1.88 bits per heavy atom. The van der Waals surface area contributed by atoms with Crippen LogP contribution in [-0.2, 0) is 27.8 Å². The van der Waals surface area contributed by atoms with Crippen LogP contribution in [0.15, 0.2) is 72.8 Å². The SMILES string of the molecule is CC(=O)Oc1ccc2c3c1OC1C(N(CC(C)C)C(=O)/C=C/c4cccc(OC(F)(F)F)c4)CC[C@@]4(O)[C@@H](C2)N(CCc2ccccc2)CC[C@]314. The average molecular weight is 705 g/mol. The molecule has 3 aromatic rings. The highest BCUT2D eigenvalue weighted by molar-refractivity contribution is 5.92. The van der Waals surface area contributed by atoms with Gasteiger partial charge in [-0.1, -0.05) is 62.4 Å². The highest BCUT2D eigenvalue weighted by Crippen LogP contribution is 2.66. The van der Waals surface area contributed by atoms with Crippen LogP contribution in [0.3, 0.4) is 0 Å². The van der Waals surface area contributed by atoms with Crippen LogP contribution in [0.4, 0.5) is 13.2 Å². The highest BCUT2D eigenvalue weighted by Gasteiger charge is 2.73. The standard InChI is InChI=1S/C40H43F3N2O6/c1-25(2)24-45(34(47)15-12-28-10-7-11-30(22-28)51-40(41,42)43)31-16-18-39(48)33-23-29-13-14-32(49-26(3)46)36-35(29)38(39,37(31)50-36)19-21-44(33)20-17-27-8-5-4-6-9-27/h4-15,22,25,31,33,37,48H,16-21,23-24H2,1-3H3/b15-12+/t31?,33-,37?,38+,39-/m1/s1. The summed E-state index contributed by atoms with van der Waals surface area (Å²) in [6.07, 6.45) is 0.360. The zero-order valence-electron chi connectivity index (χ0n) is 29.0. The topological polar surface area (TPSA) is 88.5 Å². The average Bonchev–Trinajstić information content (AvgIpc) is 3.42. The van der Waals surface area contributed by atoms with Crippen LogP contribution in [-0.4, -0.2) is 76.6 Å². The van der Waals surface area contributed by atoms with E-state index in [1.54, 1.807) is 17.0 Å². The van der Waals surface area contributed by atoms with Crippen LogP contribution < -0.4 is 14.2 Å². The Balaban J connectivity index is 1.24. The number of halogens is 3. The second-order valence-electron chi connectivity index (χ2n) is 14.6. The molecule has 2 unspecified atom stereocenters. The minimum absolute atomic E-state index is 0.0825. The zero-order valence-corrected chi connectivity index (χ0v) is 29.0. The molecule has 2 aliphatic heterocycles. The molecule has 5 atom stereocenters. The molecule has 270 valence electrons. The molecule has 2 heterocycles. The summed E-state index contributed by atoms with van der Waals surface area (Å²) in [6.45, 7) is 7.27. The van der Waals surface area contributed by atoms with Gasteiger partial charge in [0.1, 0.15) is 11.9 Å². The molecule has 1 saturated carbocycles. The monoisotopic (exact) mass is 704 g/mol. The summed E-state index contributed by atoms with van der Waals surface area (Å²) in [5, 5.41) is 13.1. The van der Waals surface area contributed by atoms with Gasteiger partial charge in [0, 0.05) is 37.7 Å². The van der Waals surface area contributed by atoms with E-state index in [1.807, 2.05) is 38.1 Å². The van der Waals surface area contributed by atoms with Gasteiger partial charge < -0.3 is 24.2 Å². The van der Waals surface area contributed by atoms with E-state index in [4.69, 9.17) is 9.47 Å². The van der Waals surface area contributed by atoms with E-state index in [1.165, 1.54) is 42.8 Å². The lowest BCUT2D eigenvalue weighted by molar-refractivity contribution is -0.274. The molecule has 0 aromatic heterocycles. The maximum Gasteiger partial charge on any atom is 0.573 e. The quantitative estimate of drug-likeness (QED) is 0.147. The number of hydrogen-bond donors (Lipinski definition) is 1. The molecule has 1 spiro atoms. The molecule has 2 fully saturated rings. The highest BCUT2D eigenvalue weighted by atomic mass is 19.4. The molecule has 1 saturated heterocycles. The lowest BCUT2D eigenvalue weighted by Crippen LogP contribution is -2.78. The zero-order chi connectivity index (χ0) is 36.1. The van der Waals surface area contributed by atoms with Crippen molar-refractivity contribution in [1.82, 2.24) is 9.80 Å². The Hall–Kier alpha value is -4.35. The van der Waals surface area contributed by atoms with E-state index < -0.39 is 35.5 Å². The number of benzene rings is 3. The Labute approximate surface area is 295 Å². The molecule has 1 N–H and O–H groups in total. The van der Waals surface area contributed by atoms with Crippen molar-refractivity contribution in [2.75, 3.05) is 19.6 Å². The molecule has 4 aliphatic rings. The van der Waals surface area contributed by atoms with Crippen molar-refractivity contribution < 1.29 is 42.1 Å². The Kier molecular flexibility index (Phi) is 9.16. The number of ether oxygens (including phenoxy) is 3. The van der Waals surface area contributed by atoms with E-state index >= 15 is 0 Å². The largest absolute Gasteiger partial charge is 0.573 e. The van der Waals surface area contributed by atoms with Gasteiger partial charge in [0.05, 0.1) is 17.1 Å². The van der Waals surface area contributed by atoms with E-state index in [0.29, 0.717) is 49.3 Å². The van der Waals surface area contributed by atoms with Crippen molar-refractivity contribution in [3.05, 3.63) is 95.1 Å². The molecular weight excluding hydrogens is 661 g/mol. The van der Waals surface area contributed by atoms with E-state index in [0.717, 1.165) is 30.6 Å². The lowest BCUT2D eigenvalue weighted by atomic mass is 9.48. The molecule has 3 aromatic carbocycles. The van der Waals surface area contributed by atoms with Crippen molar-refractivity contribution in [2.45, 2.75) is 88.4 Å². The van der Waals surface area contributed by atoms with Crippen molar-refractivity contribution in [1.29, 1.82) is 0 Å². The van der Waals surface area contributed by atoms with Gasteiger partial charge in [0.15, 0.2) is 11.5 Å². The maximum atomic E-state index is 14.2. The van der Waals surface area contributed by atoms with Gasteiger partial charge in [-0.2, -0.15) is 0 Å². The number of nitrogens with zero attached hydrogens (tertiary/aromatic N) is 2. The smallest absolute Gasteiger partial charge is 0.483 e. The third-order valence-corrected chi connectivity index (χ3v) is 11.1. The second kappa shape index (κ2) is 13.3. The molecule has 11 heteroatoms. The number of aliphatic hydroxyl groups is 1. The first-order valence-electron chi connectivity index (χ1n) is 17.7. The molecule has 51 heavy (non-hydrogen) atoms. The van der Waals surface area contributed by atoms with E-state index in [9.17, 15) is 27.9 Å². The molecule has 8 nitrogen and oxygen atoms in total. The van der Waals surface area contributed by atoms with Gasteiger partial charge >= 0.3 is 12.3 Å². The first-order chi connectivity index (χ1) is 24.3. The number of rotatable bonds is 10. The molecule has 2 bridgehead atoms. The number of hydrogen-bond acceptors (Lipinski definition) is 7. The summed E-state index contributed by atoms with van der Waals surface area (Å²) in [5.41, 5.74) is 1.51. The fraction of sp³-hybridized carbons (Fsp3) is 0.450. The van der Waals surface area contributed by atoms with Gasteiger partial charge in [0.2, 0.25) is 5.91 Å². The molecule has 1 amide bonds. The summed E-state index contributed by atoms with van der Waals surface area (Å²) in [4.78, 5) is 30.6. The third-order valence-electron chi connectivity index (χ3n) is 11.1. The van der Waals surface area contributed by atoms with Crippen LogP contribution >= 0.6 is 0 Å². The van der Waals surface area contributed by atoms with E-state index in [-0.39, 0.29) is 23.6 Å². The number of alkyl halides is 3. The van der Waals surface area contributed by atoms with Gasteiger partial charge in [-0.15, -0.1) is 13.2 Å². The third kappa shape index (κ3) is 6.39. The predicted octanol–water partition coefficient (Wildman–Crippen LogP) is 6.47. The summed E-state index contributed by atoms with van der Waals surface area (Å²) >= 11 is 0. The number of likely N-dealkylation sites (tertiary alicyclic amines) is 1. The van der Waals surface area contributed by atoms with E-state index in [2.05, 4.69) is 21.8 Å². The van der Waals surface area contributed by atoms with Gasteiger partial charge in [-0.3, -0.25) is 14.5 Å².